The van der Waals surface area contributed by atoms with Gasteiger partial charge in [-0.05, 0) is 58.6 Å². The van der Waals surface area contributed by atoms with Crippen molar-refractivity contribution in [2.45, 2.75) is 19.1 Å². The SMILES string of the molecule is c1ccc(COc2cccc(C(c3ccsc3)N3CCCNCC3)c2)cc1. The molecule has 27 heavy (non-hydrogen) atoms. The summed E-state index contributed by atoms with van der Waals surface area (Å²) in [5, 5.41) is 7.97. The molecule has 140 valence electrons. The Morgan fingerprint density at radius 3 is 2.74 bits per heavy atom. The molecule has 4 rings (SSSR count). The molecule has 1 aliphatic rings. The molecule has 3 nitrogen and oxygen atoms in total. The molecule has 1 aromatic heterocycles. The molecular weight excluding hydrogens is 352 g/mol. The van der Waals surface area contributed by atoms with Crippen molar-refractivity contribution < 1.29 is 4.74 Å². The highest BCUT2D eigenvalue weighted by Gasteiger charge is 2.23. The third-order valence-electron chi connectivity index (χ3n) is 5.02. The van der Waals surface area contributed by atoms with E-state index in [0.717, 1.165) is 31.9 Å². The first kappa shape index (κ1) is 18.2. The van der Waals surface area contributed by atoms with Crippen LogP contribution in [-0.4, -0.2) is 31.1 Å². The average molecular weight is 379 g/mol. The van der Waals surface area contributed by atoms with Gasteiger partial charge in [0.1, 0.15) is 12.4 Å². The van der Waals surface area contributed by atoms with Gasteiger partial charge in [0, 0.05) is 19.6 Å². The van der Waals surface area contributed by atoms with Gasteiger partial charge in [0.15, 0.2) is 0 Å². The number of benzene rings is 2. The van der Waals surface area contributed by atoms with E-state index in [1.807, 2.05) is 6.07 Å². The number of nitrogens with one attached hydrogen (secondary N) is 1. The van der Waals surface area contributed by atoms with Gasteiger partial charge in [-0.1, -0.05) is 42.5 Å². The monoisotopic (exact) mass is 378 g/mol. The molecule has 1 N–H and O–H groups in total. The van der Waals surface area contributed by atoms with Gasteiger partial charge in [0.2, 0.25) is 0 Å². The molecule has 1 unspecified atom stereocenters. The van der Waals surface area contributed by atoms with Crippen LogP contribution in [0.3, 0.4) is 0 Å². The fraction of sp³-hybridized carbons (Fsp3) is 0.304. The Bertz CT molecular complexity index is 811. The zero-order chi connectivity index (χ0) is 18.3. The smallest absolute Gasteiger partial charge is 0.120 e. The zero-order valence-corrected chi connectivity index (χ0v) is 16.3. The lowest BCUT2D eigenvalue weighted by atomic mass is 9.99. The summed E-state index contributed by atoms with van der Waals surface area (Å²) in [5.74, 6) is 0.935. The predicted octanol–water partition coefficient (Wildman–Crippen LogP) is 4.71. The van der Waals surface area contributed by atoms with E-state index in [-0.39, 0.29) is 6.04 Å². The highest BCUT2D eigenvalue weighted by molar-refractivity contribution is 7.08. The Hall–Kier alpha value is -2.14. The minimum absolute atomic E-state index is 0.288. The fourth-order valence-electron chi connectivity index (χ4n) is 3.68. The molecule has 2 aromatic carbocycles. The van der Waals surface area contributed by atoms with E-state index < -0.39 is 0 Å². The Labute approximate surface area is 165 Å². The van der Waals surface area contributed by atoms with Crippen LogP contribution in [0.4, 0.5) is 0 Å². The van der Waals surface area contributed by atoms with Gasteiger partial charge in [-0.3, -0.25) is 4.90 Å². The summed E-state index contributed by atoms with van der Waals surface area (Å²) in [6.07, 6.45) is 1.19. The molecule has 1 atom stereocenters. The summed E-state index contributed by atoms with van der Waals surface area (Å²) < 4.78 is 6.08. The maximum Gasteiger partial charge on any atom is 0.120 e. The number of thiophene rings is 1. The Morgan fingerprint density at radius 1 is 0.963 bits per heavy atom. The summed E-state index contributed by atoms with van der Waals surface area (Å²) in [5.41, 5.74) is 3.87. The number of hydrogen-bond donors (Lipinski definition) is 1. The van der Waals surface area contributed by atoms with Crippen molar-refractivity contribution >= 4 is 11.3 Å². The molecule has 3 aromatic rings. The summed E-state index contributed by atoms with van der Waals surface area (Å²) in [4.78, 5) is 2.60. The van der Waals surface area contributed by atoms with Gasteiger partial charge in [-0.2, -0.15) is 11.3 Å². The number of nitrogens with zero attached hydrogens (tertiary/aromatic N) is 1. The first-order chi connectivity index (χ1) is 13.4. The van der Waals surface area contributed by atoms with Crippen LogP contribution in [0, 0.1) is 0 Å². The van der Waals surface area contributed by atoms with Crippen molar-refractivity contribution in [3.05, 3.63) is 88.1 Å². The maximum atomic E-state index is 6.08. The molecule has 2 heterocycles. The number of hydrogen-bond acceptors (Lipinski definition) is 4. The topological polar surface area (TPSA) is 24.5 Å². The van der Waals surface area contributed by atoms with Crippen LogP contribution >= 0.6 is 11.3 Å². The zero-order valence-electron chi connectivity index (χ0n) is 15.5. The molecule has 0 saturated carbocycles. The van der Waals surface area contributed by atoms with E-state index >= 15 is 0 Å². The predicted molar refractivity (Wildman–Crippen MR) is 112 cm³/mol. The number of rotatable bonds is 6. The summed E-state index contributed by atoms with van der Waals surface area (Å²) in [7, 11) is 0. The molecule has 0 spiro atoms. The van der Waals surface area contributed by atoms with Crippen LogP contribution in [0.5, 0.6) is 5.75 Å². The van der Waals surface area contributed by atoms with Crippen molar-refractivity contribution in [2.75, 3.05) is 26.2 Å². The number of ether oxygens (including phenoxy) is 1. The molecule has 1 fully saturated rings. The third-order valence-corrected chi connectivity index (χ3v) is 5.72. The van der Waals surface area contributed by atoms with E-state index in [4.69, 9.17) is 4.74 Å². The van der Waals surface area contributed by atoms with E-state index in [2.05, 4.69) is 75.6 Å². The molecule has 0 bridgehead atoms. The van der Waals surface area contributed by atoms with E-state index in [1.54, 1.807) is 11.3 Å². The molecule has 0 aliphatic carbocycles. The minimum Gasteiger partial charge on any atom is -0.489 e. The van der Waals surface area contributed by atoms with Gasteiger partial charge in [0.05, 0.1) is 6.04 Å². The first-order valence-electron chi connectivity index (χ1n) is 9.64. The molecule has 4 heteroatoms. The van der Waals surface area contributed by atoms with Crippen LogP contribution in [-0.2, 0) is 6.61 Å². The molecule has 0 radical (unpaired) electrons. The summed E-state index contributed by atoms with van der Waals surface area (Å²) >= 11 is 1.77. The quantitative estimate of drug-likeness (QED) is 0.672. The van der Waals surface area contributed by atoms with Gasteiger partial charge < -0.3 is 10.1 Å². The highest BCUT2D eigenvalue weighted by atomic mass is 32.1. The Morgan fingerprint density at radius 2 is 1.89 bits per heavy atom. The van der Waals surface area contributed by atoms with E-state index in [9.17, 15) is 0 Å². The van der Waals surface area contributed by atoms with E-state index in [0.29, 0.717) is 6.61 Å². The van der Waals surface area contributed by atoms with Crippen molar-refractivity contribution in [3.63, 3.8) is 0 Å². The lowest BCUT2D eigenvalue weighted by molar-refractivity contribution is 0.240. The van der Waals surface area contributed by atoms with Crippen LogP contribution in [0.2, 0.25) is 0 Å². The first-order valence-corrected chi connectivity index (χ1v) is 10.6. The minimum atomic E-state index is 0.288. The normalized spacial score (nSPS) is 16.6. The van der Waals surface area contributed by atoms with E-state index in [1.165, 1.54) is 23.1 Å². The maximum absolute atomic E-state index is 6.08. The van der Waals surface area contributed by atoms with Crippen LogP contribution in [0.25, 0.3) is 0 Å². The second-order valence-electron chi connectivity index (χ2n) is 6.95. The lowest BCUT2D eigenvalue weighted by Crippen LogP contribution is -2.32. The summed E-state index contributed by atoms with van der Waals surface area (Å²) in [6, 6.07) is 21.5. The molecule has 1 aliphatic heterocycles. The van der Waals surface area contributed by atoms with Gasteiger partial charge in [-0.15, -0.1) is 0 Å². The molecular formula is C23H26N2OS. The van der Waals surface area contributed by atoms with Crippen molar-refractivity contribution in [1.29, 1.82) is 0 Å². The van der Waals surface area contributed by atoms with Crippen LogP contribution < -0.4 is 10.1 Å². The van der Waals surface area contributed by atoms with Crippen molar-refractivity contribution in [3.8, 4) is 5.75 Å². The third kappa shape index (κ3) is 4.78. The van der Waals surface area contributed by atoms with Gasteiger partial charge in [-0.25, -0.2) is 0 Å². The molecule has 1 saturated heterocycles. The second kappa shape index (κ2) is 9.18. The largest absolute Gasteiger partial charge is 0.489 e. The van der Waals surface area contributed by atoms with Crippen LogP contribution in [0.15, 0.2) is 71.4 Å². The van der Waals surface area contributed by atoms with Crippen molar-refractivity contribution in [1.82, 2.24) is 10.2 Å². The van der Waals surface area contributed by atoms with Crippen LogP contribution in [0.1, 0.15) is 29.2 Å². The standard InChI is InChI=1S/C23H26N2OS/c1-2-6-19(7-3-1)17-26-22-9-4-8-20(16-22)23(21-10-15-27-18-21)25-13-5-11-24-12-14-25/h1-4,6-10,15-16,18,23-24H,5,11-14,17H2. The Kier molecular flexibility index (Phi) is 6.20. The Balaban J connectivity index is 1.56. The molecule has 0 amide bonds. The second-order valence-corrected chi connectivity index (χ2v) is 7.73. The lowest BCUT2D eigenvalue weighted by Gasteiger charge is -2.30. The fourth-order valence-corrected chi connectivity index (χ4v) is 4.36. The van der Waals surface area contributed by atoms with Gasteiger partial charge >= 0.3 is 0 Å². The highest BCUT2D eigenvalue weighted by Crippen LogP contribution is 2.32. The summed E-state index contributed by atoms with van der Waals surface area (Å²) in [6.45, 7) is 4.93. The van der Waals surface area contributed by atoms with Gasteiger partial charge in [0.25, 0.3) is 0 Å². The average Bonchev–Trinajstić information content (AvgIpc) is 3.11. The van der Waals surface area contributed by atoms with Crippen molar-refractivity contribution in [2.24, 2.45) is 0 Å².